The minimum Gasteiger partial charge on any atom is -0.484 e. The highest BCUT2D eigenvalue weighted by Crippen LogP contribution is 2.17. The molecule has 7 nitrogen and oxygen atoms in total. The van der Waals surface area contributed by atoms with Crippen LogP contribution in [0.1, 0.15) is 5.89 Å². The van der Waals surface area contributed by atoms with Crippen LogP contribution in [-0.4, -0.2) is 19.9 Å². The number of hydrogen-bond donors (Lipinski definition) is 1. The van der Waals surface area contributed by atoms with Gasteiger partial charge in [-0.3, -0.25) is 4.68 Å². The van der Waals surface area contributed by atoms with E-state index in [2.05, 4.69) is 15.2 Å². The van der Waals surface area contributed by atoms with Gasteiger partial charge in [0.25, 0.3) is 5.89 Å². The summed E-state index contributed by atoms with van der Waals surface area (Å²) in [5.41, 5.74) is 7.11. The molecule has 3 aromatic rings. The summed E-state index contributed by atoms with van der Waals surface area (Å²) in [6.07, 6.45) is 3.49. The number of nitrogens with two attached hydrogens (primary N) is 1. The van der Waals surface area contributed by atoms with Crippen LogP contribution in [0.5, 0.6) is 5.75 Å². The number of nitrogen functional groups attached to an aromatic ring is 1. The van der Waals surface area contributed by atoms with Crippen LogP contribution in [-0.2, 0) is 13.7 Å². The van der Waals surface area contributed by atoms with Crippen LogP contribution in [0.3, 0.4) is 0 Å². The van der Waals surface area contributed by atoms with E-state index >= 15 is 0 Å². The summed E-state index contributed by atoms with van der Waals surface area (Å²) in [5.74, 6) is 1.54. The molecule has 0 aliphatic carbocycles. The zero-order valence-electron chi connectivity index (χ0n) is 10.9. The Morgan fingerprint density at radius 3 is 3.05 bits per heavy atom. The van der Waals surface area contributed by atoms with Gasteiger partial charge in [0.05, 0.1) is 11.8 Å². The molecule has 0 aliphatic heterocycles. The lowest BCUT2D eigenvalue weighted by Crippen LogP contribution is -1.96. The lowest BCUT2D eigenvalue weighted by molar-refractivity contribution is 0.243. The highest BCUT2D eigenvalue weighted by Gasteiger charge is 2.10. The maximum atomic E-state index is 5.67. The molecule has 1 aromatic carbocycles. The smallest absolute Gasteiger partial charge is 0.264 e. The fraction of sp³-hybridized carbons (Fsp3) is 0.154. The van der Waals surface area contributed by atoms with Gasteiger partial charge < -0.3 is 15.0 Å². The van der Waals surface area contributed by atoms with E-state index in [-0.39, 0.29) is 6.61 Å². The second kappa shape index (κ2) is 5.04. The standard InChI is InChI=1S/C13H13N5O2/c1-18-7-9(6-15-18)13-16-12(20-17-13)8-19-11-4-2-3-10(14)5-11/h2-7H,8,14H2,1H3. The van der Waals surface area contributed by atoms with E-state index in [1.165, 1.54) is 0 Å². The molecule has 0 fully saturated rings. The Balaban J connectivity index is 1.68. The molecule has 2 heterocycles. The maximum Gasteiger partial charge on any atom is 0.264 e. The van der Waals surface area contributed by atoms with Gasteiger partial charge in [0, 0.05) is 25.0 Å². The van der Waals surface area contributed by atoms with Gasteiger partial charge in [-0.1, -0.05) is 11.2 Å². The van der Waals surface area contributed by atoms with E-state index in [9.17, 15) is 0 Å². The van der Waals surface area contributed by atoms with Crippen molar-refractivity contribution in [2.45, 2.75) is 6.61 Å². The molecule has 0 saturated carbocycles. The second-order valence-electron chi connectivity index (χ2n) is 4.28. The molecule has 0 aliphatic rings. The van der Waals surface area contributed by atoms with Crippen LogP contribution in [0.25, 0.3) is 11.4 Å². The lowest BCUT2D eigenvalue weighted by atomic mass is 10.3. The normalized spacial score (nSPS) is 10.7. The van der Waals surface area contributed by atoms with Crippen LogP contribution in [0, 0.1) is 0 Å². The molecule has 20 heavy (non-hydrogen) atoms. The highest BCUT2D eigenvalue weighted by atomic mass is 16.5. The molecule has 0 unspecified atom stereocenters. The summed E-state index contributed by atoms with van der Waals surface area (Å²) in [5, 5.41) is 7.94. The van der Waals surface area contributed by atoms with Crippen LogP contribution in [0.4, 0.5) is 5.69 Å². The number of nitrogens with zero attached hydrogens (tertiary/aromatic N) is 4. The minimum atomic E-state index is 0.191. The molecular formula is C13H13N5O2. The number of ether oxygens (including phenoxy) is 1. The number of aromatic nitrogens is 4. The van der Waals surface area contributed by atoms with Crippen molar-refractivity contribution < 1.29 is 9.26 Å². The van der Waals surface area contributed by atoms with Crippen molar-refractivity contribution in [3.63, 3.8) is 0 Å². The largest absolute Gasteiger partial charge is 0.484 e. The monoisotopic (exact) mass is 271 g/mol. The molecule has 0 amide bonds. The molecular weight excluding hydrogens is 258 g/mol. The van der Waals surface area contributed by atoms with Gasteiger partial charge in [-0.15, -0.1) is 0 Å². The molecule has 2 aromatic heterocycles. The molecule has 0 atom stereocenters. The van der Waals surface area contributed by atoms with Crippen molar-refractivity contribution in [2.24, 2.45) is 7.05 Å². The van der Waals surface area contributed by atoms with Crippen molar-refractivity contribution in [3.05, 3.63) is 42.5 Å². The Morgan fingerprint density at radius 2 is 2.30 bits per heavy atom. The molecule has 102 valence electrons. The van der Waals surface area contributed by atoms with Gasteiger partial charge in [-0.2, -0.15) is 10.1 Å². The molecule has 0 radical (unpaired) electrons. The summed E-state index contributed by atoms with van der Waals surface area (Å²) in [6.45, 7) is 0.191. The Labute approximate surface area is 115 Å². The van der Waals surface area contributed by atoms with Gasteiger partial charge in [-0.25, -0.2) is 0 Å². The van der Waals surface area contributed by atoms with Crippen molar-refractivity contribution in [1.82, 2.24) is 19.9 Å². The first kappa shape index (κ1) is 12.2. The van der Waals surface area contributed by atoms with Crippen LogP contribution in [0.2, 0.25) is 0 Å². The van der Waals surface area contributed by atoms with E-state index in [0.29, 0.717) is 23.2 Å². The third-order valence-corrected chi connectivity index (χ3v) is 2.65. The molecule has 7 heteroatoms. The quantitative estimate of drug-likeness (QED) is 0.725. The number of hydrogen-bond acceptors (Lipinski definition) is 6. The average molecular weight is 271 g/mol. The predicted octanol–water partition coefficient (Wildman–Crippen LogP) is 1.63. The number of anilines is 1. The van der Waals surface area contributed by atoms with Gasteiger partial charge in [-0.05, 0) is 12.1 Å². The zero-order chi connectivity index (χ0) is 13.9. The predicted molar refractivity (Wildman–Crippen MR) is 71.7 cm³/mol. The number of benzene rings is 1. The third kappa shape index (κ3) is 2.61. The van der Waals surface area contributed by atoms with Crippen molar-refractivity contribution in [3.8, 4) is 17.1 Å². The van der Waals surface area contributed by atoms with E-state index in [1.54, 1.807) is 23.0 Å². The lowest BCUT2D eigenvalue weighted by Gasteiger charge is -2.02. The Kier molecular flexibility index (Phi) is 3.08. The van der Waals surface area contributed by atoms with Crippen molar-refractivity contribution in [2.75, 3.05) is 5.73 Å². The summed E-state index contributed by atoms with van der Waals surface area (Å²) in [6, 6.07) is 7.16. The Morgan fingerprint density at radius 1 is 1.40 bits per heavy atom. The molecule has 0 spiro atoms. The van der Waals surface area contributed by atoms with E-state index in [1.807, 2.05) is 25.4 Å². The van der Waals surface area contributed by atoms with Crippen LogP contribution >= 0.6 is 0 Å². The minimum absolute atomic E-state index is 0.191. The van der Waals surface area contributed by atoms with E-state index in [0.717, 1.165) is 5.56 Å². The summed E-state index contributed by atoms with van der Waals surface area (Å²) >= 11 is 0. The first-order valence-electron chi connectivity index (χ1n) is 6.00. The van der Waals surface area contributed by atoms with Gasteiger partial charge in [0.2, 0.25) is 5.82 Å². The second-order valence-corrected chi connectivity index (χ2v) is 4.28. The van der Waals surface area contributed by atoms with Crippen molar-refractivity contribution >= 4 is 5.69 Å². The highest BCUT2D eigenvalue weighted by molar-refractivity contribution is 5.51. The van der Waals surface area contributed by atoms with Crippen molar-refractivity contribution in [1.29, 1.82) is 0 Å². The summed E-state index contributed by atoms with van der Waals surface area (Å²) in [7, 11) is 1.83. The number of rotatable bonds is 4. The number of aryl methyl sites for hydroxylation is 1. The van der Waals surface area contributed by atoms with Gasteiger partial charge >= 0.3 is 0 Å². The maximum absolute atomic E-state index is 5.67. The topological polar surface area (TPSA) is 92.0 Å². The fourth-order valence-corrected chi connectivity index (χ4v) is 1.72. The third-order valence-electron chi connectivity index (χ3n) is 2.65. The Bertz CT molecular complexity index is 719. The van der Waals surface area contributed by atoms with E-state index in [4.69, 9.17) is 15.0 Å². The first-order valence-corrected chi connectivity index (χ1v) is 6.00. The van der Waals surface area contributed by atoms with Crippen LogP contribution in [0.15, 0.2) is 41.2 Å². The first-order chi connectivity index (χ1) is 9.70. The zero-order valence-corrected chi connectivity index (χ0v) is 10.9. The molecule has 3 rings (SSSR count). The van der Waals surface area contributed by atoms with Gasteiger partial charge in [0.15, 0.2) is 6.61 Å². The van der Waals surface area contributed by atoms with Gasteiger partial charge in [0.1, 0.15) is 5.75 Å². The molecule has 2 N–H and O–H groups in total. The average Bonchev–Trinajstić information content (AvgIpc) is 3.05. The van der Waals surface area contributed by atoms with Crippen LogP contribution < -0.4 is 10.5 Å². The Hall–Kier alpha value is -2.83. The molecule has 0 bridgehead atoms. The SMILES string of the molecule is Cn1cc(-c2noc(COc3cccc(N)c3)n2)cn1. The summed E-state index contributed by atoms with van der Waals surface area (Å²) < 4.78 is 12.3. The summed E-state index contributed by atoms with van der Waals surface area (Å²) in [4.78, 5) is 4.24. The molecule has 0 saturated heterocycles. The fourth-order valence-electron chi connectivity index (χ4n) is 1.72. The van der Waals surface area contributed by atoms with E-state index < -0.39 is 0 Å².